The van der Waals surface area contributed by atoms with Crippen molar-refractivity contribution in [3.8, 4) is 5.75 Å². The molecule has 1 aliphatic heterocycles. The van der Waals surface area contributed by atoms with Crippen molar-refractivity contribution >= 4 is 5.91 Å². The third-order valence-corrected chi connectivity index (χ3v) is 3.15. The number of amides is 1. The Labute approximate surface area is 107 Å². The van der Waals surface area contributed by atoms with E-state index < -0.39 is 0 Å². The van der Waals surface area contributed by atoms with Gasteiger partial charge in [-0.15, -0.1) is 0 Å². The maximum Gasteiger partial charge on any atom is 0.262 e. The molecule has 1 heterocycles. The second-order valence-electron chi connectivity index (χ2n) is 5.17. The normalized spacial score (nSPS) is 17.8. The fourth-order valence-electron chi connectivity index (χ4n) is 1.98. The first kappa shape index (κ1) is 12.9. The standard InChI is InChI=1S/C14H19NO3/c1-11-6-4-5-7-12(11)18-8-13(16)15-10-17-9-14(15,2)3/h4-7H,8-10H2,1-3H3. The first-order valence-corrected chi connectivity index (χ1v) is 6.07. The van der Waals surface area contributed by atoms with E-state index in [0.717, 1.165) is 11.3 Å². The number of para-hydroxylation sites is 1. The molecule has 0 atom stereocenters. The van der Waals surface area contributed by atoms with E-state index in [9.17, 15) is 4.79 Å². The molecule has 98 valence electrons. The van der Waals surface area contributed by atoms with E-state index >= 15 is 0 Å². The van der Waals surface area contributed by atoms with E-state index in [1.54, 1.807) is 4.90 Å². The molecule has 0 unspecified atom stereocenters. The molecule has 0 radical (unpaired) electrons. The molecule has 1 amide bonds. The molecule has 0 aromatic heterocycles. The molecule has 0 bridgehead atoms. The summed E-state index contributed by atoms with van der Waals surface area (Å²) in [5.41, 5.74) is 0.786. The predicted molar refractivity (Wildman–Crippen MR) is 68.4 cm³/mol. The van der Waals surface area contributed by atoms with Crippen LogP contribution in [0.4, 0.5) is 0 Å². The topological polar surface area (TPSA) is 38.8 Å². The largest absolute Gasteiger partial charge is 0.483 e. The van der Waals surface area contributed by atoms with Gasteiger partial charge in [0.25, 0.3) is 5.91 Å². The van der Waals surface area contributed by atoms with E-state index in [1.165, 1.54) is 0 Å². The fraction of sp³-hybridized carbons (Fsp3) is 0.500. The fourth-order valence-corrected chi connectivity index (χ4v) is 1.98. The van der Waals surface area contributed by atoms with Crippen molar-refractivity contribution < 1.29 is 14.3 Å². The molecule has 0 spiro atoms. The predicted octanol–water partition coefficient (Wildman–Crippen LogP) is 1.97. The van der Waals surface area contributed by atoms with Crippen molar-refractivity contribution in [2.24, 2.45) is 0 Å². The van der Waals surface area contributed by atoms with Crippen LogP contribution in [-0.4, -0.2) is 36.3 Å². The van der Waals surface area contributed by atoms with Crippen LogP contribution in [-0.2, 0) is 9.53 Å². The van der Waals surface area contributed by atoms with Crippen molar-refractivity contribution in [1.82, 2.24) is 4.90 Å². The SMILES string of the molecule is Cc1ccccc1OCC(=O)N1COCC1(C)C. The smallest absolute Gasteiger partial charge is 0.262 e. The van der Waals surface area contributed by atoms with Gasteiger partial charge in [-0.3, -0.25) is 4.79 Å². The Morgan fingerprint density at radius 3 is 2.78 bits per heavy atom. The van der Waals surface area contributed by atoms with Gasteiger partial charge in [0.1, 0.15) is 12.5 Å². The first-order valence-electron chi connectivity index (χ1n) is 6.07. The number of hydrogen-bond acceptors (Lipinski definition) is 3. The van der Waals surface area contributed by atoms with Crippen LogP contribution in [0.3, 0.4) is 0 Å². The highest BCUT2D eigenvalue weighted by Gasteiger charge is 2.36. The van der Waals surface area contributed by atoms with E-state index in [4.69, 9.17) is 9.47 Å². The van der Waals surface area contributed by atoms with Crippen LogP contribution < -0.4 is 4.74 Å². The summed E-state index contributed by atoms with van der Waals surface area (Å²) in [4.78, 5) is 13.8. The average Bonchev–Trinajstić information content (AvgIpc) is 2.67. The van der Waals surface area contributed by atoms with E-state index in [0.29, 0.717) is 13.3 Å². The van der Waals surface area contributed by atoms with Crippen molar-refractivity contribution in [2.75, 3.05) is 19.9 Å². The van der Waals surface area contributed by atoms with Gasteiger partial charge >= 0.3 is 0 Å². The highest BCUT2D eigenvalue weighted by Crippen LogP contribution is 2.22. The summed E-state index contributed by atoms with van der Waals surface area (Å²) in [6, 6.07) is 7.67. The lowest BCUT2D eigenvalue weighted by molar-refractivity contribution is -0.137. The molecule has 1 fully saturated rings. The van der Waals surface area contributed by atoms with Crippen molar-refractivity contribution in [1.29, 1.82) is 0 Å². The van der Waals surface area contributed by atoms with Gasteiger partial charge < -0.3 is 14.4 Å². The van der Waals surface area contributed by atoms with Crippen LogP contribution in [0.25, 0.3) is 0 Å². The van der Waals surface area contributed by atoms with Crippen LogP contribution in [0.5, 0.6) is 5.75 Å². The Kier molecular flexibility index (Phi) is 3.57. The minimum Gasteiger partial charge on any atom is -0.483 e. The summed E-state index contributed by atoms with van der Waals surface area (Å²) in [7, 11) is 0. The number of carbonyl (C=O) groups excluding carboxylic acids is 1. The second-order valence-corrected chi connectivity index (χ2v) is 5.17. The Morgan fingerprint density at radius 2 is 2.17 bits per heavy atom. The van der Waals surface area contributed by atoms with Crippen LogP contribution in [0.2, 0.25) is 0 Å². The lowest BCUT2D eigenvalue weighted by Crippen LogP contribution is -2.46. The van der Waals surface area contributed by atoms with Gasteiger partial charge in [0.15, 0.2) is 6.61 Å². The quantitative estimate of drug-likeness (QED) is 0.822. The maximum absolute atomic E-state index is 12.1. The molecule has 1 aromatic carbocycles. The minimum absolute atomic E-state index is 0.0410. The Hall–Kier alpha value is -1.55. The van der Waals surface area contributed by atoms with Gasteiger partial charge in [-0.2, -0.15) is 0 Å². The van der Waals surface area contributed by atoms with E-state index in [2.05, 4.69) is 0 Å². The van der Waals surface area contributed by atoms with Gasteiger partial charge in [0.05, 0.1) is 12.1 Å². The summed E-state index contributed by atoms with van der Waals surface area (Å²) >= 11 is 0. The van der Waals surface area contributed by atoms with E-state index in [-0.39, 0.29) is 18.1 Å². The third-order valence-electron chi connectivity index (χ3n) is 3.15. The lowest BCUT2D eigenvalue weighted by atomic mass is 10.1. The monoisotopic (exact) mass is 249 g/mol. The molecule has 1 aromatic rings. The first-order chi connectivity index (χ1) is 8.50. The van der Waals surface area contributed by atoms with Crippen LogP contribution in [0, 0.1) is 6.92 Å². The van der Waals surface area contributed by atoms with Crippen LogP contribution in [0.15, 0.2) is 24.3 Å². The van der Waals surface area contributed by atoms with E-state index in [1.807, 2.05) is 45.0 Å². The van der Waals surface area contributed by atoms with Gasteiger partial charge in [-0.25, -0.2) is 0 Å². The number of rotatable bonds is 3. The number of benzene rings is 1. The molecule has 0 aliphatic carbocycles. The molecule has 4 heteroatoms. The molecule has 2 rings (SSSR count). The Bertz CT molecular complexity index is 442. The highest BCUT2D eigenvalue weighted by molar-refractivity contribution is 5.78. The van der Waals surface area contributed by atoms with Crippen LogP contribution in [0.1, 0.15) is 19.4 Å². The van der Waals surface area contributed by atoms with Gasteiger partial charge in [-0.05, 0) is 32.4 Å². The van der Waals surface area contributed by atoms with Gasteiger partial charge in [0.2, 0.25) is 0 Å². The van der Waals surface area contributed by atoms with Gasteiger partial charge in [-0.1, -0.05) is 18.2 Å². The lowest BCUT2D eigenvalue weighted by Gasteiger charge is -2.29. The molecule has 0 saturated carbocycles. The molecule has 4 nitrogen and oxygen atoms in total. The zero-order valence-electron chi connectivity index (χ0n) is 11.1. The highest BCUT2D eigenvalue weighted by atomic mass is 16.5. The Morgan fingerprint density at radius 1 is 1.44 bits per heavy atom. The van der Waals surface area contributed by atoms with Crippen molar-refractivity contribution in [3.05, 3.63) is 29.8 Å². The molecule has 0 N–H and O–H groups in total. The Balaban J connectivity index is 1.95. The molecular weight excluding hydrogens is 230 g/mol. The molecule has 18 heavy (non-hydrogen) atoms. The zero-order valence-corrected chi connectivity index (χ0v) is 11.1. The number of aryl methyl sites for hydroxylation is 1. The summed E-state index contributed by atoms with van der Waals surface area (Å²) in [5, 5.41) is 0. The molecule has 1 saturated heterocycles. The molecular formula is C14H19NO3. The number of nitrogens with zero attached hydrogens (tertiary/aromatic N) is 1. The number of carbonyl (C=O) groups is 1. The zero-order chi connectivity index (χ0) is 13.2. The van der Waals surface area contributed by atoms with Gasteiger partial charge in [0, 0.05) is 0 Å². The molecule has 1 aliphatic rings. The third kappa shape index (κ3) is 2.64. The van der Waals surface area contributed by atoms with Crippen LogP contribution >= 0.6 is 0 Å². The second kappa shape index (κ2) is 4.98. The average molecular weight is 249 g/mol. The number of ether oxygens (including phenoxy) is 2. The number of hydrogen-bond donors (Lipinski definition) is 0. The summed E-state index contributed by atoms with van der Waals surface area (Å²) in [5.74, 6) is 0.713. The summed E-state index contributed by atoms with van der Waals surface area (Å²) in [6.07, 6.45) is 0. The van der Waals surface area contributed by atoms with Crippen molar-refractivity contribution in [2.45, 2.75) is 26.3 Å². The summed E-state index contributed by atoms with van der Waals surface area (Å²) < 4.78 is 10.9. The van der Waals surface area contributed by atoms with Crippen molar-refractivity contribution in [3.63, 3.8) is 0 Å². The maximum atomic E-state index is 12.1. The summed E-state index contributed by atoms with van der Waals surface area (Å²) in [6.45, 7) is 6.92. The minimum atomic E-state index is -0.244.